The zero-order chi connectivity index (χ0) is 40.8. The first-order chi connectivity index (χ1) is 26.2. The number of hydrogen-bond acceptors (Lipinski definition) is 0. The molecule has 0 amide bonds. The number of rotatable bonds is 10. The van der Waals surface area contributed by atoms with Crippen molar-refractivity contribution in [2.24, 2.45) is 0 Å². The molecule has 0 atom stereocenters. The molecule has 0 saturated carbocycles. The van der Waals surface area contributed by atoms with Crippen LogP contribution in [0.5, 0.6) is 0 Å². The Morgan fingerprint density at radius 1 is 0.569 bits per heavy atom. The average molecular weight is 897 g/mol. The average Bonchev–Trinajstić information content (AvgIpc) is 3.78. The molecule has 0 heterocycles. The van der Waals surface area contributed by atoms with Crippen molar-refractivity contribution in [2.75, 3.05) is 0 Å². The molecule has 0 spiro atoms. The van der Waals surface area contributed by atoms with Crippen LogP contribution in [-0.4, -0.2) is 3.21 Å². The summed E-state index contributed by atoms with van der Waals surface area (Å²) < 4.78 is 5.51. The van der Waals surface area contributed by atoms with Gasteiger partial charge in [-0.1, -0.05) is 0 Å². The number of hydrogen-bond donors (Lipinski definition) is 0. The summed E-state index contributed by atoms with van der Waals surface area (Å²) in [7, 11) is 0. The second kappa shape index (κ2) is 18.8. The van der Waals surface area contributed by atoms with Gasteiger partial charge in [-0.2, -0.15) is 0 Å². The standard InChI is InChI=1S/C41H49.C9H18.C5H5.2ClH.Zr/c1-38(2,3)30-17-13-26(14-18-30)34-22-28-21-29-23-35(27-15-19-31(20-16-27)39(4,5)6)37(41(10,11)12)25-33(29)32(28)24-36(34)40(7,8)9;1-3-5-7-9-8-6-4-2;1-2-4-5-3-1;;;/h13-20,22,24-25H,21H2,1-12H3;3-8H2,1-2H3;1-3H,4H2;2*1H;. The van der Waals surface area contributed by atoms with Crippen LogP contribution < -0.4 is 3.27 Å². The minimum Gasteiger partial charge on any atom is -0.147 e. The first-order valence-electron chi connectivity index (χ1n) is 21.9. The molecule has 2 aliphatic carbocycles. The summed E-state index contributed by atoms with van der Waals surface area (Å²) in [5.74, 6) is 0. The van der Waals surface area contributed by atoms with Crippen LogP contribution in [0.2, 0.25) is 0 Å². The molecule has 312 valence electrons. The van der Waals surface area contributed by atoms with Gasteiger partial charge in [0.2, 0.25) is 0 Å². The Labute approximate surface area is 374 Å². The maximum absolute atomic E-state index is 2.67. The minimum absolute atomic E-state index is 0. The number of fused-ring (bicyclic) bond motifs is 3. The molecule has 0 nitrogen and oxygen atoms in total. The topological polar surface area (TPSA) is 0 Å². The van der Waals surface area contributed by atoms with E-state index in [9.17, 15) is 0 Å². The van der Waals surface area contributed by atoms with E-state index in [4.69, 9.17) is 0 Å². The largest absolute Gasteiger partial charge is 0.147 e. The van der Waals surface area contributed by atoms with Gasteiger partial charge in [0.15, 0.2) is 0 Å². The molecule has 0 fully saturated rings. The first-order valence-corrected chi connectivity index (χ1v) is 25.6. The van der Waals surface area contributed by atoms with Crippen LogP contribution in [-0.2, 0) is 49.3 Å². The van der Waals surface area contributed by atoms with Gasteiger partial charge in [-0.3, -0.25) is 0 Å². The number of halogens is 2. The SMILES string of the molecule is CCCC[C](CCCC)=[Zr]([C]1=CC=CC1)[c]1c2c(cc(C(C)(C)C)c1-c1ccc(C(C)(C)C)cc1)-c1cc(C(C)(C)C)c(-c3ccc(C(C)(C)C)cc3)cc1C2.Cl.Cl. The van der Waals surface area contributed by atoms with Crippen molar-refractivity contribution in [1.82, 2.24) is 0 Å². The summed E-state index contributed by atoms with van der Waals surface area (Å²) >= 11 is -2.64. The van der Waals surface area contributed by atoms with Gasteiger partial charge < -0.3 is 0 Å². The van der Waals surface area contributed by atoms with E-state index in [0.29, 0.717) is 0 Å². The quantitative estimate of drug-likeness (QED) is 0.131. The summed E-state index contributed by atoms with van der Waals surface area (Å²) in [6, 6.07) is 27.2. The van der Waals surface area contributed by atoms with E-state index in [1.165, 1.54) is 94.2 Å². The number of unbranched alkanes of at least 4 members (excludes halogenated alkanes) is 2. The van der Waals surface area contributed by atoms with Crippen LogP contribution in [0.4, 0.5) is 0 Å². The molecule has 4 aromatic rings. The molecule has 0 saturated heterocycles. The second-order valence-electron chi connectivity index (χ2n) is 21.1. The fraction of sp³-hybridized carbons (Fsp3) is 0.473. The van der Waals surface area contributed by atoms with E-state index in [1.54, 1.807) is 17.7 Å². The molecule has 58 heavy (non-hydrogen) atoms. The summed E-state index contributed by atoms with van der Waals surface area (Å²) in [6.07, 6.45) is 17.2. The maximum Gasteiger partial charge on any atom is -0.147 e. The Bertz CT molecular complexity index is 2150. The van der Waals surface area contributed by atoms with E-state index < -0.39 is 21.3 Å². The number of benzene rings is 4. The Morgan fingerprint density at radius 3 is 1.52 bits per heavy atom. The second-order valence-corrected chi connectivity index (χ2v) is 27.5. The van der Waals surface area contributed by atoms with Gasteiger partial charge in [-0.05, 0) is 0 Å². The fourth-order valence-electron chi connectivity index (χ4n) is 9.05. The van der Waals surface area contributed by atoms with Gasteiger partial charge in [-0.25, -0.2) is 0 Å². The number of allylic oxidation sites excluding steroid dienone is 4. The van der Waals surface area contributed by atoms with Gasteiger partial charge in [-0.15, -0.1) is 24.8 Å². The molecule has 4 aromatic carbocycles. The van der Waals surface area contributed by atoms with E-state index in [1.807, 2.05) is 3.21 Å². The Balaban J connectivity index is 0.00000372. The van der Waals surface area contributed by atoms with Crippen molar-refractivity contribution in [2.45, 2.75) is 170 Å². The summed E-state index contributed by atoms with van der Waals surface area (Å²) in [5.41, 5.74) is 17.9. The van der Waals surface area contributed by atoms with Gasteiger partial charge in [0.1, 0.15) is 0 Å². The van der Waals surface area contributed by atoms with Crippen LogP contribution in [0.1, 0.15) is 175 Å². The molecule has 0 radical (unpaired) electrons. The molecule has 0 bridgehead atoms. The molecular formula is C55H74Cl2Zr. The third-order valence-corrected chi connectivity index (χ3v) is 20.5. The van der Waals surface area contributed by atoms with Gasteiger partial charge in [0, 0.05) is 0 Å². The summed E-state index contributed by atoms with van der Waals surface area (Å²) in [5, 5.41) is 0. The molecule has 0 aromatic heterocycles. The summed E-state index contributed by atoms with van der Waals surface area (Å²) in [4.78, 5) is 0. The maximum atomic E-state index is 2.67. The van der Waals surface area contributed by atoms with Crippen LogP contribution in [0.3, 0.4) is 0 Å². The van der Waals surface area contributed by atoms with Crippen molar-refractivity contribution in [3.63, 3.8) is 0 Å². The molecule has 6 rings (SSSR count). The smallest absolute Gasteiger partial charge is 0.147 e. The zero-order valence-corrected chi connectivity index (χ0v) is 42.6. The van der Waals surface area contributed by atoms with Gasteiger partial charge in [0.25, 0.3) is 0 Å². The molecule has 0 unspecified atom stereocenters. The molecule has 0 N–H and O–H groups in total. The first kappa shape index (κ1) is 48.4. The zero-order valence-electron chi connectivity index (χ0n) is 38.6. The van der Waals surface area contributed by atoms with Gasteiger partial charge >= 0.3 is 353 Å². The van der Waals surface area contributed by atoms with E-state index >= 15 is 0 Å². The third kappa shape index (κ3) is 10.2. The van der Waals surface area contributed by atoms with Crippen molar-refractivity contribution in [3.8, 4) is 33.4 Å². The fourth-order valence-corrected chi connectivity index (χ4v) is 17.9. The molecule has 2 aliphatic rings. The van der Waals surface area contributed by atoms with Crippen molar-refractivity contribution in [1.29, 1.82) is 0 Å². The molecule has 0 aliphatic heterocycles. The van der Waals surface area contributed by atoms with Crippen molar-refractivity contribution >= 4 is 31.3 Å². The van der Waals surface area contributed by atoms with Crippen LogP contribution in [0.15, 0.2) is 88.2 Å². The van der Waals surface area contributed by atoms with Crippen molar-refractivity contribution < 1.29 is 21.3 Å². The third-order valence-electron chi connectivity index (χ3n) is 12.4. The van der Waals surface area contributed by atoms with E-state index in [-0.39, 0.29) is 46.5 Å². The molecule has 3 heteroatoms. The monoisotopic (exact) mass is 894 g/mol. The van der Waals surface area contributed by atoms with Crippen LogP contribution >= 0.6 is 24.8 Å². The van der Waals surface area contributed by atoms with E-state index in [2.05, 4.69) is 182 Å². The van der Waals surface area contributed by atoms with Crippen LogP contribution in [0, 0.1) is 0 Å². The Morgan fingerprint density at radius 2 is 1.07 bits per heavy atom. The summed E-state index contributed by atoms with van der Waals surface area (Å²) in [6.45, 7) is 33.3. The normalized spacial score (nSPS) is 13.7. The van der Waals surface area contributed by atoms with Crippen molar-refractivity contribution in [3.05, 3.63) is 122 Å². The minimum atomic E-state index is -2.64. The Kier molecular flexibility index (Phi) is 15.6. The Hall–Kier alpha value is -2.31. The predicted octanol–water partition coefficient (Wildman–Crippen LogP) is 16.3. The van der Waals surface area contributed by atoms with E-state index in [0.717, 1.165) is 12.8 Å². The predicted molar refractivity (Wildman–Crippen MR) is 260 cm³/mol. The molecular weight excluding hydrogens is 823 g/mol. The van der Waals surface area contributed by atoms with Crippen LogP contribution in [0.25, 0.3) is 33.4 Å². The van der Waals surface area contributed by atoms with Gasteiger partial charge in [0.05, 0.1) is 0 Å².